The van der Waals surface area contributed by atoms with E-state index in [9.17, 15) is 19.5 Å². The van der Waals surface area contributed by atoms with Gasteiger partial charge in [-0.1, -0.05) is 177 Å². The van der Waals surface area contributed by atoms with Crippen LogP contribution >= 0.6 is 0 Å². The Bertz CT molecular complexity index is 1170. The molecule has 0 bridgehead atoms. The van der Waals surface area contributed by atoms with E-state index in [0.29, 0.717) is 19.3 Å². The van der Waals surface area contributed by atoms with Gasteiger partial charge >= 0.3 is 17.9 Å². The number of hydrogen-bond donors (Lipinski definition) is 1. The summed E-state index contributed by atoms with van der Waals surface area (Å²) in [7, 11) is 5.52. The van der Waals surface area contributed by atoms with Gasteiger partial charge in [0.15, 0.2) is 12.1 Å². The molecule has 0 fully saturated rings. The molecule has 0 aliphatic rings. The molecule has 0 aliphatic heterocycles. The number of unbranched alkanes of at least 4 members (excludes halogenated alkanes) is 21. The number of carbonyl (C=O) groups is 3. The number of esters is 2. The summed E-state index contributed by atoms with van der Waals surface area (Å²) in [5.74, 6) is -1.51. The highest BCUT2D eigenvalue weighted by atomic mass is 16.6. The number of quaternary nitrogens is 1. The van der Waals surface area contributed by atoms with Crippen LogP contribution in [0.25, 0.3) is 0 Å². The number of rotatable bonds is 43. The highest BCUT2D eigenvalue weighted by Gasteiger charge is 2.31. The van der Waals surface area contributed by atoms with Crippen molar-refractivity contribution >= 4 is 17.9 Å². The Labute approximate surface area is 368 Å². The number of carboxylic acids is 1. The lowest BCUT2D eigenvalue weighted by Crippen LogP contribution is -2.50. The molecule has 0 spiro atoms. The first-order valence-electron chi connectivity index (χ1n) is 24.4. The summed E-state index contributed by atoms with van der Waals surface area (Å²) in [6.07, 6.45) is 52.7. The van der Waals surface area contributed by atoms with E-state index in [1.165, 1.54) is 89.9 Å². The van der Waals surface area contributed by atoms with Crippen molar-refractivity contribution in [3.05, 3.63) is 60.8 Å². The van der Waals surface area contributed by atoms with Crippen LogP contribution in [0.15, 0.2) is 60.8 Å². The molecular weight excluding hydrogens is 751 g/mol. The predicted octanol–water partition coefficient (Wildman–Crippen LogP) is 13.8. The van der Waals surface area contributed by atoms with Gasteiger partial charge in [-0.15, -0.1) is 0 Å². The fourth-order valence-corrected chi connectivity index (χ4v) is 6.95. The molecule has 8 nitrogen and oxygen atoms in total. The number of aliphatic carboxylic acids is 1. The maximum absolute atomic E-state index is 12.8. The third kappa shape index (κ3) is 40.4. The Kier molecular flexibility index (Phi) is 40.6. The minimum absolute atomic E-state index is 0.0491. The van der Waals surface area contributed by atoms with Crippen LogP contribution in [0.1, 0.15) is 200 Å². The number of nitrogens with zero attached hydrogens (tertiary/aromatic N) is 1. The van der Waals surface area contributed by atoms with Crippen LogP contribution in [0, 0.1) is 0 Å². The van der Waals surface area contributed by atoms with Crippen LogP contribution in [0.2, 0.25) is 0 Å². The summed E-state index contributed by atoms with van der Waals surface area (Å²) in [4.78, 5) is 37.0. The molecule has 346 valence electrons. The molecule has 60 heavy (non-hydrogen) atoms. The second kappa shape index (κ2) is 42.7. The second-order valence-corrected chi connectivity index (χ2v) is 17.4. The largest absolute Gasteiger partial charge is 0.477 e. The van der Waals surface area contributed by atoms with E-state index in [1.807, 2.05) is 27.2 Å². The molecule has 2 unspecified atom stereocenters. The van der Waals surface area contributed by atoms with Crippen molar-refractivity contribution in [2.45, 2.75) is 212 Å². The van der Waals surface area contributed by atoms with Gasteiger partial charge in [-0.2, -0.15) is 0 Å². The third-order valence-electron chi connectivity index (χ3n) is 10.7. The number of ether oxygens (including phenoxy) is 3. The fraction of sp³-hybridized carbons (Fsp3) is 0.750. The molecule has 0 saturated heterocycles. The molecule has 2 atom stereocenters. The molecule has 0 aromatic carbocycles. The van der Waals surface area contributed by atoms with Gasteiger partial charge in [-0.25, -0.2) is 4.79 Å². The van der Waals surface area contributed by atoms with Crippen LogP contribution in [0.3, 0.4) is 0 Å². The lowest BCUT2D eigenvalue weighted by Gasteiger charge is -2.31. The van der Waals surface area contributed by atoms with E-state index in [0.717, 1.165) is 77.0 Å². The van der Waals surface area contributed by atoms with Crippen LogP contribution in [-0.2, 0) is 28.6 Å². The summed E-state index contributed by atoms with van der Waals surface area (Å²) >= 11 is 0. The molecule has 0 heterocycles. The number of likely N-dealkylation sites (N-methyl/N-ethyl adjacent to an activating group) is 1. The van der Waals surface area contributed by atoms with Gasteiger partial charge < -0.3 is 23.8 Å². The minimum atomic E-state index is -0.881. The molecule has 0 aromatic rings. The Morgan fingerprint density at radius 2 is 1.00 bits per heavy atom. The highest BCUT2D eigenvalue weighted by molar-refractivity contribution is 5.72. The van der Waals surface area contributed by atoms with E-state index >= 15 is 0 Å². The lowest BCUT2D eigenvalue weighted by atomic mass is 10.1. The van der Waals surface area contributed by atoms with Gasteiger partial charge in [-0.3, -0.25) is 9.59 Å². The Hall–Kier alpha value is -2.97. The molecular formula is C52H92NO7+. The zero-order chi connectivity index (χ0) is 44.2. The van der Waals surface area contributed by atoms with E-state index in [4.69, 9.17) is 14.2 Å². The molecule has 0 radical (unpaired) electrons. The monoisotopic (exact) mass is 843 g/mol. The first-order valence-corrected chi connectivity index (χ1v) is 24.4. The number of allylic oxidation sites excluding steroid dienone is 10. The van der Waals surface area contributed by atoms with Crippen molar-refractivity contribution in [1.82, 2.24) is 0 Å². The molecule has 0 amide bonds. The average molecular weight is 843 g/mol. The van der Waals surface area contributed by atoms with Gasteiger partial charge in [0.2, 0.25) is 0 Å². The lowest BCUT2D eigenvalue weighted by molar-refractivity contribution is -0.887. The van der Waals surface area contributed by atoms with Crippen molar-refractivity contribution in [1.29, 1.82) is 0 Å². The van der Waals surface area contributed by atoms with Crippen molar-refractivity contribution < 1.29 is 38.2 Å². The van der Waals surface area contributed by atoms with Crippen LogP contribution in [0.5, 0.6) is 0 Å². The first kappa shape index (κ1) is 57.0. The topological polar surface area (TPSA) is 99.1 Å². The van der Waals surface area contributed by atoms with Crippen LogP contribution < -0.4 is 0 Å². The highest BCUT2D eigenvalue weighted by Crippen LogP contribution is 2.14. The smallest absolute Gasteiger partial charge is 0.362 e. The van der Waals surface area contributed by atoms with Gasteiger partial charge in [-0.05, 0) is 64.2 Å². The molecule has 0 saturated carbocycles. The quantitative estimate of drug-likeness (QED) is 0.0215. The van der Waals surface area contributed by atoms with Crippen molar-refractivity contribution in [2.75, 3.05) is 41.0 Å². The molecule has 0 rings (SSSR count). The van der Waals surface area contributed by atoms with Crippen molar-refractivity contribution in [2.24, 2.45) is 0 Å². The van der Waals surface area contributed by atoms with Crippen molar-refractivity contribution in [3.63, 3.8) is 0 Å². The van der Waals surface area contributed by atoms with Crippen molar-refractivity contribution in [3.8, 4) is 0 Å². The molecule has 8 heteroatoms. The Morgan fingerprint density at radius 3 is 1.50 bits per heavy atom. The first-order chi connectivity index (χ1) is 29.1. The van der Waals surface area contributed by atoms with Crippen LogP contribution in [0.4, 0.5) is 0 Å². The molecule has 1 N–H and O–H groups in total. The van der Waals surface area contributed by atoms with E-state index in [-0.39, 0.29) is 36.2 Å². The second-order valence-electron chi connectivity index (χ2n) is 17.4. The molecule has 0 aliphatic carbocycles. The van der Waals surface area contributed by atoms with E-state index in [1.54, 1.807) is 0 Å². The van der Waals surface area contributed by atoms with Crippen LogP contribution in [-0.4, -0.2) is 80.6 Å². The normalized spacial score (nSPS) is 13.4. The van der Waals surface area contributed by atoms with E-state index < -0.39 is 18.1 Å². The number of carboxylic acid groups (broad SMARTS) is 1. The van der Waals surface area contributed by atoms with E-state index in [2.05, 4.69) is 68.5 Å². The van der Waals surface area contributed by atoms with Gasteiger partial charge in [0.1, 0.15) is 6.61 Å². The Morgan fingerprint density at radius 1 is 0.533 bits per heavy atom. The predicted molar refractivity (Wildman–Crippen MR) is 252 cm³/mol. The number of hydrogen-bond acceptors (Lipinski definition) is 6. The average Bonchev–Trinajstić information content (AvgIpc) is 3.21. The zero-order valence-corrected chi connectivity index (χ0v) is 39.4. The van der Waals surface area contributed by atoms with Gasteiger partial charge in [0.25, 0.3) is 0 Å². The summed E-state index contributed by atoms with van der Waals surface area (Å²) in [6, 6.07) is -0.622. The standard InChI is InChI=1S/C52H91NO7/c1-6-8-10-12-14-16-18-20-21-22-23-24-25-26-27-28-29-31-33-35-37-39-41-43-51(55)60-48(46-58-45-44-49(52(56)57)53(3,4)5)47-59-50(54)42-40-38-36-34-32-30-19-17-15-13-11-9-7-2/h9,11,13,15,17,19,23-24,26-27,48-49H,6-8,10,12,14,16,18,20-22,25,28-47H2,1-5H3/p+1/b11-9+,15-13+,19-17+,24-23+,27-26+. The zero-order valence-electron chi connectivity index (χ0n) is 39.4. The maximum atomic E-state index is 12.8. The number of carbonyl (C=O) groups excluding carboxylic acids is 2. The Balaban J connectivity index is 4.27. The minimum Gasteiger partial charge on any atom is -0.477 e. The molecule has 0 aromatic heterocycles. The third-order valence-corrected chi connectivity index (χ3v) is 10.7. The van der Waals surface area contributed by atoms with Gasteiger partial charge in [0, 0.05) is 19.3 Å². The maximum Gasteiger partial charge on any atom is 0.362 e. The summed E-state index contributed by atoms with van der Waals surface area (Å²) < 4.78 is 17.3. The summed E-state index contributed by atoms with van der Waals surface area (Å²) in [6.45, 7) is 4.58. The fourth-order valence-electron chi connectivity index (χ4n) is 6.95. The SMILES string of the molecule is CC/C=C/C=C/C=C/CCCCCCCC(=O)OCC(COCCC(C(=O)O)[N+](C)(C)C)OC(=O)CCCCCCCCC/C=C/C/C=C/CCCCCCCCCCC. The summed E-state index contributed by atoms with van der Waals surface area (Å²) in [5.41, 5.74) is 0. The summed E-state index contributed by atoms with van der Waals surface area (Å²) in [5, 5.41) is 9.63. The van der Waals surface area contributed by atoms with Gasteiger partial charge in [0.05, 0.1) is 34.4 Å².